The SMILES string of the molecule is COc1cc(OC)cc(OCCNC(=O)N2CCCCCC2)c1. The molecule has 6 nitrogen and oxygen atoms in total. The maximum Gasteiger partial charge on any atom is 0.317 e. The second-order valence-corrected chi connectivity index (χ2v) is 5.53. The molecule has 1 aliphatic heterocycles. The van der Waals surface area contributed by atoms with Gasteiger partial charge in [0, 0.05) is 31.3 Å². The van der Waals surface area contributed by atoms with Crippen LogP contribution in [0.1, 0.15) is 25.7 Å². The fraction of sp³-hybridized carbons (Fsp3) is 0.588. The van der Waals surface area contributed by atoms with Crippen molar-refractivity contribution >= 4 is 6.03 Å². The third-order valence-corrected chi connectivity index (χ3v) is 3.87. The highest BCUT2D eigenvalue weighted by Crippen LogP contribution is 2.27. The molecule has 0 unspecified atom stereocenters. The van der Waals surface area contributed by atoms with Crippen LogP contribution in [0.15, 0.2) is 18.2 Å². The summed E-state index contributed by atoms with van der Waals surface area (Å²) in [7, 11) is 3.19. The highest BCUT2D eigenvalue weighted by Gasteiger charge is 2.14. The van der Waals surface area contributed by atoms with Crippen molar-refractivity contribution in [3.63, 3.8) is 0 Å². The van der Waals surface area contributed by atoms with Crippen molar-refractivity contribution in [2.45, 2.75) is 25.7 Å². The number of likely N-dealkylation sites (tertiary alicyclic amines) is 1. The zero-order chi connectivity index (χ0) is 16.5. The van der Waals surface area contributed by atoms with E-state index in [0.717, 1.165) is 25.9 Å². The topological polar surface area (TPSA) is 60.0 Å². The molecular weight excluding hydrogens is 296 g/mol. The first-order valence-corrected chi connectivity index (χ1v) is 8.11. The normalized spacial score (nSPS) is 14.8. The lowest BCUT2D eigenvalue weighted by atomic mass is 10.2. The predicted molar refractivity (Wildman–Crippen MR) is 88.5 cm³/mol. The molecule has 23 heavy (non-hydrogen) atoms. The summed E-state index contributed by atoms with van der Waals surface area (Å²) in [6, 6.07) is 5.37. The van der Waals surface area contributed by atoms with Crippen LogP contribution in [-0.4, -0.2) is 51.4 Å². The predicted octanol–water partition coefficient (Wildman–Crippen LogP) is 2.67. The van der Waals surface area contributed by atoms with Crippen LogP contribution in [0, 0.1) is 0 Å². The maximum atomic E-state index is 12.1. The van der Waals surface area contributed by atoms with E-state index in [4.69, 9.17) is 14.2 Å². The van der Waals surface area contributed by atoms with Gasteiger partial charge in [-0.15, -0.1) is 0 Å². The number of ether oxygens (including phenoxy) is 3. The quantitative estimate of drug-likeness (QED) is 0.818. The van der Waals surface area contributed by atoms with Gasteiger partial charge in [0.1, 0.15) is 23.9 Å². The molecule has 0 bridgehead atoms. The van der Waals surface area contributed by atoms with E-state index in [9.17, 15) is 4.79 Å². The van der Waals surface area contributed by atoms with Gasteiger partial charge in [-0.2, -0.15) is 0 Å². The van der Waals surface area contributed by atoms with Crippen molar-refractivity contribution < 1.29 is 19.0 Å². The molecule has 1 saturated heterocycles. The van der Waals surface area contributed by atoms with Crippen molar-refractivity contribution in [1.82, 2.24) is 10.2 Å². The van der Waals surface area contributed by atoms with Crippen LogP contribution in [0.3, 0.4) is 0 Å². The Morgan fingerprint density at radius 3 is 2.13 bits per heavy atom. The lowest BCUT2D eigenvalue weighted by molar-refractivity contribution is 0.196. The molecule has 0 spiro atoms. The van der Waals surface area contributed by atoms with Gasteiger partial charge in [-0.1, -0.05) is 12.8 Å². The minimum Gasteiger partial charge on any atom is -0.496 e. The number of hydrogen-bond donors (Lipinski definition) is 1. The van der Waals surface area contributed by atoms with Gasteiger partial charge in [0.25, 0.3) is 0 Å². The van der Waals surface area contributed by atoms with E-state index < -0.39 is 0 Å². The molecule has 1 heterocycles. The first-order chi connectivity index (χ1) is 11.2. The lowest BCUT2D eigenvalue weighted by Gasteiger charge is -2.20. The highest BCUT2D eigenvalue weighted by molar-refractivity contribution is 5.74. The van der Waals surface area contributed by atoms with Crippen molar-refractivity contribution in [3.8, 4) is 17.2 Å². The molecule has 1 fully saturated rings. The zero-order valence-electron chi connectivity index (χ0n) is 14.0. The maximum absolute atomic E-state index is 12.1. The molecule has 0 atom stereocenters. The first-order valence-electron chi connectivity index (χ1n) is 8.11. The standard InChI is InChI=1S/C17H26N2O4/c1-21-14-11-15(22-2)13-16(12-14)23-10-7-18-17(20)19-8-5-3-4-6-9-19/h11-13H,3-10H2,1-2H3,(H,18,20). The number of methoxy groups -OCH3 is 2. The van der Waals surface area contributed by atoms with E-state index in [2.05, 4.69) is 5.32 Å². The Bertz CT molecular complexity index is 477. The van der Waals surface area contributed by atoms with Crippen molar-refractivity contribution in [2.75, 3.05) is 40.5 Å². The molecule has 6 heteroatoms. The molecule has 1 N–H and O–H groups in total. The second kappa shape index (κ2) is 9.12. The third-order valence-electron chi connectivity index (χ3n) is 3.87. The summed E-state index contributed by atoms with van der Waals surface area (Å²) in [5, 5.41) is 2.91. The Morgan fingerprint density at radius 2 is 1.57 bits per heavy atom. The number of hydrogen-bond acceptors (Lipinski definition) is 4. The van der Waals surface area contributed by atoms with Crippen molar-refractivity contribution in [3.05, 3.63) is 18.2 Å². The van der Waals surface area contributed by atoms with E-state index in [-0.39, 0.29) is 6.03 Å². The van der Waals surface area contributed by atoms with Gasteiger partial charge < -0.3 is 24.4 Å². The molecule has 1 aliphatic rings. The van der Waals surface area contributed by atoms with Gasteiger partial charge in [-0.25, -0.2) is 4.79 Å². The van der Waals surface area contributed by atoms with E-state index in [1.165, 1.54) is 12.8 Å². The highest BCUT2D eigenvalue weighted by atomic mass is 16.5. The van der Waals surface area contributed by atoms with Gasteiger partial charge in [-0.3, -0.25) is 0 Å². The molecule has 1 aromatic rings. The smallest absolute Gasteiger partial charge is 0.317 e. The summed E-state index contributed by atoms with van der Waals surface area (Å²) in [6.07, 6.45) is 4.61. The fourth-order valence-corrected chi connectivity index (χ4v) is 2.58. The Morgan fingerprint density at radius 1 is 1.00 bits per heavy atom. The van der Waals surface area contributed by atoms with Crippen LogP contribution in [0.4, 0.5) is 4.79 Å². The average Bonchev–Trinajstić information content (AvgIpc) is 2.87. The number of nitrogens with zero attached hydrogens (tertiary/aromatic N) is 1. The summed E-state index contributed by atoms with van der Waals surface area (Å²) in [4.78, 5) is 14.0. The third kappa shape index (κ3) is 5.54. The monoisotopic (exact) mass is 322 g/mol. The summed E-state index contributed by atoms with van der Waals surface area (Å²) >= 11 is 0. The molecule has 128 valence electrons. The Balaban J connectivity index is 1.75. The number of nitrogens with one attached hydrogen (secondary N) is 1. The summed E-state index contributed by atoms with van der Waals surface area (Å²) < 4.78 is 16.1. The number of carbonyl (C=O) groups is 1. The minimum atomic E-state index is -0.00118. The van der Waals surface area contributed by atoms with Gasteiger partial charge in [-0.05, 0) is 12.8 Å². The van der Waals surface area contributed by atoms with Crippen LogP contribution in [0.5, 0.6) is 17.2 Å². The van der Waals surface area contributed by atoms with Gasteiger partial charge in [0.05, 0.1) is 20.8 Å². The van der Waals surface area contributed by atoms with Crippen LogP contribution in [0.25, 0.3) is 0 Å². The molecule has 2 rings (SSSR count). The molecule has 0 aliphatic carbocycles. The Hall–Kier alpha value is -2.11. The van der Waals surface area contributed by atoms with Crippen LogP contribution < -0.4 is 19.5 Å². The zero-order valence-corrected chi connectivity index (χ0v) is 14.0. The van der Waals surface area contributed by atoms with E-state index >= 15 is 0 Å². The molecule has 1 aromatic carbocycles. The van der Waals surface area contributed by atoms with Crippen LogP contribution >= 0.6 is 0 Å². The van der Waals surface area contributed by atoms with Crippen molar-refractivity contribution in [1.29, 1.82) is 0 Å². The van der Waals surface area contributed by atoms with E-state index in [0.29, 0.717) is 30.4 Å². The summed E-state index contributed by atoms with van der Waals surface area (Å²) in [6.45, 7) is 2.56. The largest absolute Gasteiger partial charge is 0.496 e. The first kappa shape index (κ1) is 17.2. The molecule has 0 radical (unpaired) electrons. The van der Waals surface area contributed by atoms with Gasteiger partial charge in [0.2, 0.25) is 0 Å². The number of rotatable bonds is 6. The molecule has 2 amide bonds. The number of benzene rings is 1. The number of amides is 2. The van der Waals surface area contributed by atoms with E-state index in [1.807, 2.05) is 4.90 Å². The molecule has 0 saturated carbocycles. The Labute approximate surface area is 137 Å². The number of carbonyl (C=O) groups excluding carboxylic acids is 1. The fourth-order valence-electron chi connectivity index (χ4n) is 2.58. The second-order valence-electron chi connectivity index (χ2n) is 5.53. The lowest BCUT2D eigenvalue weighted by Crippen LogP contribution is -2.41. The van der Waals surface area contributed by atoms with Crippen LogP contribution in [0.2, 0.25) is 0 Å². The average molecular weight is 322 g/mol. The summed E-state index contributed by atoms with van der Waals surface area (Å²) in [5.41, 5.74) is 0. The number of urea groups is 1. The van der Waals surface area contributed by atoms with Crippen LogP contribution in [-0.2, 0) is 0 Å². The summed E-state index contributed by atoms with van der Waals surface area (Å²) in [5.74, 6) is 2.01. The van der Waals surface area contributed by atoms with Gasteiger partial charge in [0.15, 0.2) is 0 Å². The molecular formula is C17H26N2O4. The van der Waals surface area contributed by atoms with Crippen molar-refractivity contribution in [2.24, 2.45) is 0 Å². The van der Waals surface area contributed by atoms with E-state index in [1.54, 1.807) is 32.4 Å². The minimum absolute atomic E-state index is 0.00118. The van der Waals surface area contributed by atoms with Gasteiger partial charge >= 0.3 is 6.03 Å². The molecule has 0 aromatic heterocycles. The Kier molecular flexibility index (Phi) is 6.84.